The Labute approximate surface area is 185 Å². The quantitative estimate of drug-likeness (QED) is 0.283. The van der Waals surface area contributed by atoms with E-state index < -0.39 is 38.0 Å². The number of carbonyl (C=O) groups excluding carboxylic acids is 2. The second kappa shape index (κ2) is 9.23. The van der Waals surface area contributed by atoms with E-state index in [1.807, 2.05) is 13.8 Å². The normalized spacial score (nSPS) is 12.2. The molecule has 3 rings (SSSR count). The van der Waals surface area contributed by atoms with Crippen molar-refractivity contribution in [1.29, 1.82) is 0 Å². The van der Waals surface area contributed by atoms with Crippen molar-refractivity contribution in [2.75, 3.05) is 0 Å². The zero-order chi connectivity index (χ0) is 23.5. The van der Waals surface area contributed by atoms with Crippen LogP contribution in [0.1, 0.15) is 38.3 Å². The van der Waals surface area contributed by atoms with Gasteiger partial charge < -0.3 is 0 Å². The summed E-state index contributed by atoms with van der Waals surface area (Å²) in [6.45, 7) is 3.65. The molecule has 3 aromatic rings. The number of aryl methyl sites for hydroxylation is 2. The monoisotopic (exact) mass is 451 g/mol. The number of non-ortho nitro benzene ring substituents is 1. The van der Waals surface area contributed by atoms with Gasteiger partial charge in [-0.1, -0.05) is 47.5 Å². The summed E-state index contributed by atoms with van der Waals surface area (Å²) in [6, 6.07) is 17.4. The molecular formula is C24H21NO6S. The van der Waals surface area contributed by atoms with Crippen LogP contribution < -0.4 is 0 Å². The second-order valence-corrected chi connectivity index (χ2v) is 9.64. The molecule has 0 fully saturated rings. The number of nitro groups is 1. The largest absolute Gasteiger partial charge is 0.294 e. The third-order valence-electron chi connectivity index (χ3n) is 5.12. The molecule has 8 heteroatoms. The van der Waals surface area contributed by atoms with E-state index in [0.29, 0.717) is 0 Å². The van der Waals surface area contributed by atoms with Gasteiger partial charge >= 0.3 is 0 Å². The van der Waals surface area contributed by atoms with Crippen molar-refractivity contribution < 1.29 is 22.9 Å². The molecular weight excluding hydrogens is 430 g/mol. The lowest BCUT2D eigenvalue weighted by molar-refractivity contribution is -0.384. The fourth-order valence-corrected chi connectivity index (χ4v) is 4.83. The number of nitro benzene ring substituents is 1. The first-order valence-corrected chi connectivity index (χ1v) is 11.3. The second-order valence-electron chi connectivity index (χ2n) is 7.51. The minimum absolute atomic E-state index is 0.0509. The molecule has 164 valence electrons. The predicted molar refractivity (Wildman–Crippen MR) is 120 cm³/mol. The predicted octanol–water partition coefficient (Wildman–Crippen LogP) is 4.51. The summed E-state index contributed by atoms with van der Waals surface area (Å²) in [4.78, 5) is 36.3. The summed E-state index contributed by atoms with van der Waals surface area (Å²) in [5.74, 6) is -1.28. The first-order chi connectivity index (χ1) is 15.1. The molecule has 0 saturated heterocycles. The Balaban J connectivity index is 2.00. The molecule has 0 heterocycles. The molecule has 0 unspecified atom stereocenters. The van der Waals surface area contributed by atoms with Crippen molar-refractivity contribution in [2.24, 2.45) is 0 Å². The fourth-order valence-electron chi connectivity index (χ4n) is 3.19. The van der Waals surface area contributed by atoms with Crippen molar-refractivity contribution in [3.8, 4) is 0 Å². The van der Waals surface area contributed by atoms with E-state index in [1.165, 1.54) is 48.5 Å². The van der Waals surface area contributed by atoms with Crippen molar-refractivity contribution in [1.82, 2.24) is 0 Å². The minimum Gasteiger partial charge on any atom is -0.294 e. The lowest BCUT2D eigenvalue weighted by Crippen LogP contribution is -2.33. The summed E-state index contributed by atoms with van der Waals surface area (Å²) >= 11 is 0. The molecule has 0 saturated carbocycles. The molecule has 0 bridgehead atoms. The maximum absolute atomic E-state index is 13.4. The highest BCUT2D eigenvalue weighted by Gasteiger charge is 2.36. The summed E-state index contributed by atoms with van der Waals surface area (Å²) in [5.41, 5.74) is 1.85. The third kappa shape index (κ3) is 4.97. The first-order valence-electron chi connectivity index (χ1n) is 9.78. The zero-order valence-electron chi connectivity index (χ0n) is 17.5. The van der Waals surface area contributed by atoms with Crippen molar-refractivity contribution in [3.63, 3.8) is 0 Å². The molecule has 7 nitrogen and oxygen atoms in total. The fraction of sp³-hybridized carbons (Fsp3) is 0.167. The SMILES string of the molecule is Cc1ccc(C(=O)[C@H](CC(=O)c2ccc([N+](=O)[O-])cc2)S(=O)(=O)c2ccc(C)cc2)cc1. The molecule has 1 atom stereocenters. The Bertz CT molecular complexity index is 1260. The summed E-state index contributed by atoms with van der Waals surface area (Å²) in [7, 11) is -4.18. The Morgan fingerprint density at radius 1 is 0.812 bits per heavy atom. The van der Waals surface area contributed by atoms with Crippen LogP contribution in [0, 0.1) is 24.0 Å². The topological polar surface area (TPSA) is 111 Å². The van der Waals surface area contributed by atoms with Crippen molar-refractivity contribution in [2.45, 2.75) is 30.4 Å². The number of Topliss-reactive ketones (excluding diaryl/α,β-unsaturated/α-hetero) is 2. The van der Waals surface area contributed by atoms with Gasteiger partial charge in [0.15, 0.2) is 21.4 Å². The average Bonchev–Trinajstić information content (AvgIpc) is 2.77. The van der Waals surface area contributed by atoms with Crippen LogP contribution in [0.2, 0.25) is 0 Å². The number of rotatable bonds is 8. The number of carbonyl (C=O) groups is 2. The molecule has 0 amide bonds. The van der Waals surface area contributed by atoms with Crippen LogP contribution >= 0.6 is 0 Å². The number of sulfone groups is 1. The molecule has 32 heavy (non-hydrogen) atoms. The molecule has 0 spiro atoms. The highest BCUT2D eigenvalue weighted by molar-refractivity contribution is 7.92. The van der Waals surface area contributed by atoms with Crippen LogP contribution in [0.25, 0.3) is 0 Å². The molecule has 3 aromatic carbocycles. The van der Waals surface area contributed by atoms with Crippen LogP contribution in [0.3, 0.4) is 0 Å². The maximum atomic E-state index is 13.4. The molecule has 0 radical (unpaired) electrons. The Hall–Kier alpha value is -3.65. The van der Waals surface area contributed by atoms with E-state index in [0.717, 1.165) is 11.1 Å². The van der Waals surface area contributed by atoms with Gasteiger partial charge in [-0.3, -0.25) is 19.7 Å². The smallest absolute Gasteiger partial charge is 0.269 e. The van der Waals surface area contributed by atoms with E-state index in [4.69, 9.17) is 0 Å². The summed E-state index contributed by atoms with van der Waals surface area (Å²) in [6.07, 6.45) is -0.583. The van der Waals surface area contributed by atoms with Crippen LogP contribution in [0.4, 0.5) is 5.69 Å². The van der Waals surface area contributed by atoms with E-state index in [9.17, 15) is 28.1 Å². The highest BCUT2D eigenvalue weighted by Crippen LogP contribution is 2.25. The van der Waals surface area contributed by atoms with Gasteiger partial charge in [0.05, 0.1) is 9.82 Å². The number of hydrogen-bond acceptors (Lipinski definition) is 6. The third-order valence-corrected chi connectivity index (χ3v) is 7.18. The van der Waals surface area contributed by atoms with Gasteiger partial charge in [-0.15, -0.1) is 0 Å². The van der Waals surface area contributed by atoms with E-state index >= 15 is 0 Å². The molecule has 0 aliphatic carbocycles. The number of hydrogen-bond donors (Lipinski definition) is 0. The highest BCUT2D eigenvalue weighted by atomic mass is 32.2. The van der Waals surface area contributed by atoms with Gasteiger partial charge in [-0.05, 0) is 38.1 Å². The summed E-state index contributed by atoms with van der Waals surface area (Å²) < 4.78 is 26.7. The number of benzene rings is 3. The lowest BCUT2D eigenvalue weighted by Gasteiger charge is -2.17. The average molecular weight is 452 g/mol. The Morgan fingerprint density at radius 3 is 1.78 bits per heavy atom. The zero-order valence-corrected chi connectivity index (χ0v) is 18.3. The van der Waals surface area contributed by atoms with Gasteiger partial charge in [-0.2, -0.15) is 0 Å². The van der Waals surface area contributed by atoms with E-state index in [2.05, 4.69) is 0 Å². The molecule has 0 aromatic heterocycles. The lowest BCUT2D eigenvalue weighted by atomic mass is 10.0. The Morgan fingerprint density at radius 2 is 1.28 bits per heavy atom. The van der Waals surface area contributed by atoms with E-state index in [-0.39, 0.29) is 21.7 Å². The molecule has 0 N–H and O–H groups in total. The maximum Gasteiger partial charge on any atom is 0.269 e. The van der Waals surface area contributed by atoms with Crippen LogP contribution in [-0.4, -0.2) is 30.2 Å². The minimum atomic E-state index is -4.18. The van der Waals surface area contributed by atoms with Gasteiger partial charge in [0.1, 0.15) is 5.25 Å². The van der Waals surface area contributed by atoms with Crippen molar-refractivity contribution in [3.05, 3.63) is 105 Å². The Kier molecular flexibility index (Phi) is 6.64. The van der Waals surface area contributed by atoms with Crippen LogP contribution in [0.15, 0.2) is 77.7 Å². The van der Waals surface area contributed by atoms with Gasteiger partial charge in [0.2, 0.25) is 0 Å². The van der Waals surface area contributed by atoms with Crippen molar-refractivity contribution >= 4 is 27.1 Å². The molecule has 0 aliphatic heterocycles. The number of nitrogens with zero attached hydrogens (tertiary/aromatic N) is 1. The van der Waals surface area contributed by atoms with Crippen LogP contribution in [0.5, 0.6) is 0 Å². The van der Waals surface area contributed by atoms with Gasteiger partial charge in [0, 0.05) is 29.7 Å². The van der Waals surface area contributed by atoms with Gasteiger partial charge in [-0.25, -0.2) is 8.42 Å². The van der Waals surface area contributed by atoms with Crippen LogP contribution in [-0.2, 0) is 9.84 Å². The van der Waals surface area contributed by atoms with Gasteiger partial charge in [0.25, 0.3) is 5.69 Å². The standard InChI is InChI=1S/C24H21NO6S/c1-16-3-7-19(8-4-16)24(27)23(32(30,31)21-13-5-17(2)6-14-21)15-22(26)18-9-11-20(12-10-18)25(28)29/h3-14,23H,15H2,1-2H3/t23-/m0/s1. The first kappa shape index (κ1) is 23.0. The molecule has 0 aliphatic rings. The van der Waals surface area contributed by atoms with E-state index in [1.54, 1.807) is 24.3 Å². The summed E-state index contributed by atoms with van der Waals surface area (Å²) in [5, 5.41) is 9.21. The number of ketones is 2.